The lowest BCUT2D eigenvalue weighted by Crippen LogP contribution is -2.62. The number of rotatable bonds is 7. The van der Waals surface area contributed by atoms with Crippen molar-refractivity contribution in [3.05, 3.63) is 0 Å². The van der Waals surface area contributed by atoms with E-state index in [2.05, 4.69) is 10.3 Å². The molecule has 8 heteroatoms. The first-order valence-electron chi connectivity index (χ1n) is 6.88. The van der Waals surface area contributed by atoms with E-state index in [1.165, 1.54) is 6.92 Å². The number of ether oxygens (including phenoxy) is 1. The highest BCUT2D eigenvalue weighted by Gasteiger charge is 2.53. The molecule has 1 atom stereocenters. The van der Waals surface area contributed by atoms with Crippen LogP contribution in [0.1, 0.15) is 33.6 Å². The molecule has 1 saturated carbocycles. The van der Waals surface area contributed by atoms with E-state index in [9.17, 15) is 9.59 Å². The number of hydrogen-bond acceptors (Lipinski definition) is 4. The summed E-state index contributed by atoms with van der Waals surface area (Å²) in [5.74, 6) is -1.76. The molecule has 0 heterocycles. The number of carbonyl (C=O) groups is 2. The van der Waals surface area contributed by atoms with Crippen LogP contribution in [0.15, 0.2) is 4.99 Å². The maximum Gasteiger partial charge on any atom is 0.306 e. The van der Waals surface area contributed by atoms with Crippen LogP contribution in [-0.4, -0.2) is 47.2 Å². The van der Waals surface area contributed by atoms with E-state index in [4.69, 9.17) is 21.3 Å². The van der Waals surface area contributed by atoms with Crippen molar-refractivity contribution >= 4 is 17.8 Å². The van der Waals surface area contributed by atoms with E-state index in [1.807, 2.05) is 13.8 Å². The quantitative estimate of drug-likeness (QED) is 0.366. The molecule has 1 rings (SSSR count). The van der Waals surface area contributed by atoms with Gasteiger partial charge in [-0.25, -0.2) is 4.99 Å². The van der Waals surface area contributed by atoms with Crippen LogP contribution < -0.4 is 16.8 Å². The molecule has 0 saturated heterocycles. The van der Waals surface area contributed by atoms with Crippen molar-refractivity contribution in [1.29, 1.82) is 0 Å². The Bertz CT molecular complexity index is 426. The lowest BCUT2D eigenvalue weighted by atomic mass is 9.64. The van der Waals surface area contributed by atoms with E-state index in [-0.39, 0.29) is 37.4 Å². The van der Waals surface area contributed by atoms with Crippen molar-refractivity contribution in [2.24, 2.45) is 22.4 Å². The van der Waals surface area contributed by atoms with E-state index in [0.717, 1.165) is 0 Å². The summed E-state index contributed by atoms with van der Waals surface area (Å²) in [7, 11) is 0. The molecule has 0 bridgehead atoms. The Kier molecular flexibility index (Phi) is 5.54. The zero-order chi connectivity index (χ0) is 16.2. The second-order valence-electron chi connectivity index (χ2n) is 5.72. The van der Waals surface area contributed by atoms with Crippen LogP contribution >= 0.6 is 0 Å². The highest BCUT2D eigenvalue weighted by Crippen LogP contribution is 2.44. The van der Waals surface area contributed by atoms with Crippen LogP contribution in [-0.2, 0) is 14.3 Å². The first-order valence-corrected chi connectivity index (χ1v) is 6.88. The Morgan fingerprint density at radius 1 is 1.43 bits per heavy atom. The van der Waals surface area contributed by atoms with Crippen LogP contribution in [0.25, 0.3) is 0 Å². The number of amides is 1. The number of aliphatic imine (C=N–C) groups is 1. The Hall–Kier alpha value is -1.83. The highest BCUT2D eigenvalue weighted by molar-refractivity contribution is 5.78. The number of nitrogens with zero attached hydrogens (tertiary/aromatic N) is 1. The van der Waals surface area contributed by atoms with Crippen molar-refractivity contribution in [3.63, 3.8) is 0 Å². The lowest BCUT2D eigenvalue weighted by molar-refractivity contribution is -0.148. The predicted octanol–water partition coefficient (Wildman–Crippen LogP) is -0.577. The number of carbonyl (C=O) groups excluding carboxylic acids is 1. The molecule has 0 aromatic carbocycles. The SMILES string of the molecule is CC(=O)NC(COC(C)C)C1(N=C(N)N)CC(C(=O)O)C1. The van der Waals surface area contributed by atoms with Gasteiger partial charge in [0.05, 0.1) is 30.2 Å². The zero-order valence-corrected chi connectivity index (χ0v) is 12.6. The maximum absolute atomic E-state index is 11.4. The lowest BCUT2D eigenvalue weighted by Gasteiger charge is -2.47. The first kappa shape index (κ1) is 17.2. The topological polar surface area (TPSA) is 140 Å². The fourth-order valence-corrected chi connectivity index (χ4v) is 2.54. The molecular formula is C13H24N4O4. The van der Waals surface area contributed by atoms with Gasteiger partial charge in [0.15, 0.2) is 5.96 Å². The summed E-state index contributed by atoms with van der Waals surface area (Å²) in [6.45, 7) is 5.36. The third-order valence-corrected chi connectivity index (χ3v) is 3.52. The molecule has 1 unspecified atom stereocenters. The van der Waals surface area contributed by atoms with Gasteiger partial charge in [-0.3, -0.25) is 9.59 Å². The van der Waals surface area contributed by atoms with E-state index in [1.54, 1.807) is 0 Å². The van der Waals surface area contributed by atoms with Crippen LogP contribution in [0.3, 0.4) is 0 Å². The number of aliphatic carboxylic acids is 1. The molecule has 0 radical (unpaired) electrons. The molecule has 0 aromatic heterocycles. The number of nitrogens with two attached hydrogens (primary N) is 2. The number of nitrogens with one attached hydrogen (secondary N) is 1. The van der Waals surface area contributed by atoms with Crippen molar-refractivity contribution in [3.8, 4) is 0 Å². The minimum Gasteiger partial charge on any atom is -0.481 e. The van der Waals surface area contributed by atoms with Gasteiger partial charge in [0.1, 0.15) is 0 Å². The summed E-state index contributed by atoms with van der Waals surface area (Å²) >= 11 is 0. The molecular weight excluding hydrogens is 276 g/mol. The Balaban J connectivity index is 2.93. The Morgan fingerprint density at radius 3 is 2.38 bits per heavy atom. The summed E-state index contributed by atoms with van der Waals surface area (Å²) in [4.78, 5) is 26.6. The average Bonchev–Trinajstić information content (AvgIpc) is 2.27. The third kappa shape index (κ3) is 4.59. The van der Waals surface area contributed by atoms with Gasteiger partial charge in [-0.05, 0) is 26.7 Å². The standard InChI is InChI=1S/C13H24N4O4/c1-7(2)21-6-10(16-8(3)18)13(17-12(14)15)4-9(5-13)11(19)20/h7,9-10H,4-6H2,1-3H3,(H,16,18)(H,19,20)(H4,14,15,17). The first-order chi connectivity index (χ1) is 9.66. The van der Waals surface area contributed by atoms with Crippen molar-refractivity contribution < 1.29 is 19.4 Å². The molecule has 8 nitrogen and oxygen atoms in total. The second-order valence-corrected chi connectivity index (χ2v) is 5.72. The molecule has 1 aliphatic carbocycles. The average molecular weight is 300 g/mol. The molecule has 120 valence electrons. The number of carboxylic acids is 1. The van der Waals surface area contributed by atoms with E-state index in [0.29, 0.717) is 0 Å². The monoisotopic (exact) mass is 300 g/mol. The summed E-state index contributed by atoms with van der Waals surface area (Å²) < 4.78 is 5.55. The van der Waals surface area contributed by atoms with Gasteiger partial charge >= 0.3 is 5.97 Å². The Morgan fingerprint density at radius 2 is 2.00 bits per heavy atom. The van der Waals surface area contributed by atoms with Crippen LogP contribution in [0.2, 0.25) is 0 Å². The maximum atomic E-state index is 11.4. The molecule has 0 spiro atoms. The zero-order valence-electron chi connectivity index (χ0n) is 12.6. The smallest absolute Gasteiger partial charge is 0.306 e. The van der Waals surface area contributed by atoms with Gasteiger partial charge in [-0.2, -0.15) is 0 Å². The second kappa shape index (κ2) is 6.75. The van der Waals surface area contributed by atoms with Gasteiger partial charge in [0, 0.05) is 6.92 Å². The van der Waals surface area contributed by atoms with Crippen molar-refractivity contribution in [2.75, 3.05) is 6.61 Å². The minimum absolute atomic E-state index is 0.0205. The molecule has 6 N–H and O–H groups in total. The normalized spacial score (nSPS) is 25.8. The summed E-state index contributed by atoms with van der Waals surface area (Å²) in [6, 6.07) is -0.463. The minimum atomic E-state index is -0.886. The van der Waals surface area contributed by atoms with Gasteiger partial charge in [0.25, 0.3) is 0 Å². The van der Waals surface area contributed by atoms with E-state index < -0.39 is 23.5 Å². The number of carboxylic acid groups (broad SMARTS) is 1. The van der Waals surface area contributed by atoms with E-state index >= 15 is 0 Å². The predicted molar refractivity (Wildman–Crippen MR) is 77.6 cm³/mol. The van der Waals surface area contributed by atoms with Gasteiger partial charge in [0.2, 0.25) is 5.91 Å². The fourth-order valence-electron chi connectivity index (χ4n) is 2.54. The molecule has 21 heavy (non-hydrogen) atoms. The molecule has 1 amide bonds. The fraction of sp³-hybridized carbons (Fsp3) is 0.769. The molecule has 0 aromatic rings. The Labute approximate surface area is 123 Å². The van der Waals surface area contributed by atoms with Gasteiger partial charge in [-0.15, -0.1) is 0 Å². The van der Waals surface area contributed by atoms with Crippen molar-refractivity contribution in [2.45, 2.75) is 51.3 Å². The molecule has 1 fully saturated rings. The highest BCUT2D eigenvalue weighted by atomic mass is 16.5. The summed E-state index contributed by atoms with van der Waals surface area (Å²) in [6.07, 6.45) is 0.520. The summed E-state index contributed by atoms with van der Waals surface area (Å²) in [5.41, 5.74) is 10.1. The van der Waals surface area contributed by atoms with Crippen LogP contribution in [0.4, 0.5) is 0 Å². The van der Waals surface area contributed by atoms with Gasteiger partial charge in [-0.1, -0.05) is 0 Å². The number of hydrogen-bond donors (Lipinski definition) is 4. The molecule has 0 aliphatic heterocycles. The number of guanidine groups is 1. The largest absolute Gasteiger partial charge is 0.481 e. The van der Waals surface area contributed by atoms with Gasteiger partial charge < -0.3 is 26.6 Å². The molecule has 1 aliphatic rings. The third-order valence-electron chi connectivity index (χ3n) is 3.52. The van der Waals surface area contributed by atoms with Crippen LogP contribution in [0.5, 0.6) is 0 Å². The van der Waals surface area contributed by atoms with Crippen molar-refractivity contribution in [1.82, 2.24) is 5.32 Å². The summed E-state index contributed by atoms with van der Waals surface area (Å²) in [5, 5.41) is 11.8. The van der Waals surface area contributed by atoms with Crippen LogP contribution in [0, 0.1) is 5.92 Å².